The minimum absolute atomic E-state index is 0.0967. The van der Waals surface area contributed by atoms with Gasteiger partial charge in [0.2, 0.25) is 5.91 Å². The van der Waals surface area contributed by atoms with E-state index in [4.69, 9.17) is 5.11 Å². The molecule has 5 heteroatoms. The lowest BCUT2D eigenvalue weighted by Crippen LogP contribution is -2.50. The summed E-state index contributed by atoms with van der Waals surface area (Å²) in [6, 6.07) is -0.621. The van der Waals surface area contributed by atoms with Gasteiger partial charge in [-0.1, -0.05) is 6.92 Å². The van der Waals surface area contributed by atoms with Gasteiger partial charge in [0.05, 0.1) is 6.54 Å². The molecule has 0 saturated carbocycles. The van der Waals surface area contributed by atoms with Crippen LogP contribution in [0.3, 0.4) is 0 Å². The van der Waals surface area contributed by atoms with Crippen LogP contribution in [0.15, 0.2) is 0 Å². The first kappa shape index (κ1) is 13.0. The van der Waals surface area contributed by atoms with Gasteiger partial charge in [-0.2, -0.15) is 0 Å². The van der Waals surface area contributed by atoms with Crippen molar-refractivity contribution in [3.8, 4) is 0 Å². The summed E-state index contributed by atoms with van der Waals surface area (Å²) in [5, 5.41) is 12.0. The second kappa shape index (κ2) is 6.48. The van der Waals surface area contributed by atoms with E-state index in [0.717, 1.165) is 25.8 Å². The van der Waals surface area contributed by atoms with Crippen LogP contribution < -0.4 is 5.32 Å². The van der Waals surface area contributed by atoms with Crippen LogP contribution in [-0.2, 0) is 9.59 Å². The van der Waals surface area contributed by atoms with Gasteiger partial charge < -0.3 is 15.3 Å². The summed E-state index contributed by atoms with van der Waals surface area (Å²) in [7, 11) is 0. The molecule has 5 nitrogen and oxygen atoms in total. The largest absolute Gasteiger partial charge is 0.480 e. The zero-order valence-corrected chi connectivity index (χ0v) is 9.74. The van der Waals surface area contributed by atoms with Gasteiger partial charge in [-0.25, -0.2) is 4.79 Å². The lowest BCUT2D eigenvalue weighted by Gasteiger charge is -2.33. The van der Waals surface area contributed by atoms with Gasteiger partial charge >= 0.3 is 5.97 Å². The zero-order valence-electron chi connectivity index (χ0n) is 9.74. The number of nitrogens with one attached hydrogen (secondary N) is 1. The standard InChI is InChI=1S/C11H20N2O3/c1-2-6-12-8-10(14)13-7-4-3-5-9(13)11(15)16/h9,12H,2-8H2,1H3,(H,15,16). The van der Waals surface area contributed by atoms with Crippen LogP contribution in [0.2, 0.25) is 0 Å². The molecule has 1 atom stereocenters. The average Bonchev–Trinajstić information content (AvgIpc) is 2.29. The van der Waals surface area contributed by atoms with E-state index >= 15 is 0 Å². The zero-order chi connectivity index (χ0) is 12.0. The Hall–Kier alpha value is -1.10. The molecule has 92 valence electrons. The molecule has 0 aromatic carbocycles. The summed E-state index contributed by atoms with van der Waals surface area (Å²) in [6.07, 6.45) is 3.34. The summed E-state index contributed by atoms with van der Waals surface area (Å²) in [6.45, 7) is 3.64. The molecular formula is C11H20N2O3. The molecule has 2 N–H and O–H groups in total. The summed E-state index contributed by atoms with van der Waals surface area (Å²) >= 11 is 0. The predicted octanol–water partition coefficient (Wildman–Crippen LogP) is 0.452. The van der Waals surface area contributed by atoms with E-state index in [1.165, 1.54) is 4.90 Å². The first-order chi connectivity index (χ1) is 7.66. The maximum Gasteiger partial charge on any atom is 0.326 e. The number of carboxylic acid groups (broad SMARTS) is 1. The molecule has 0 aromatic rings. The van der Waals surface area contributed by atoms with E-state index < -0.39 is 12.0 Å². The second-order valence-corrected chi connectivity index (χ2v) is 4.11. The fraction of sp³-hybridized carbons (Fsp3) is 0.818. The van der Waals surface area contributed by atoms with Crippen LogP contribution in [0.4, 0.5) is 0 Å². The molecule has 0 aliphatic carbocycles. The molecule has 16 heavy (non-hydrogen) atoms. The molecule has 0 radical (unpaired) electrons. The minimum atomic E-state index is -0.886. The van der Waals surface area contributed by atoms with Crippen molar-refractivity contribution in [1.82, 2.24) is 10.2 Å². The number of hydrogen-bond donors (Lipinski definition) is 2. The number of carbonyl (C=O) groups excluding carboxylic acids is 1. The topological polar surface area (TPSA) is 69.6 Å². The summed E-state index contributed by atoms with van der Waals surface area (Å²) in [4.78, 5) is 24.3. The molecule has 1 unspecified atom stereocenters. The molecule has 1 fully saturated rings. The van der Waals surface area contributed by atoms with Crippen molar-refractivity contribution in [2.45, 2.75) is 38.6 Å². The third kappa shape index (κ3) is 3.48. The fourth-order valence-corrected chi connectivity index (χ4v) is 1.96. The molecule has 1 heterocycles. The number of hydrogen-bond acceptors (Lipinski definition) is 3. The van der Waals surface area contributed by atoms with Gasteiger partial charge in [0.1, 0.15) is 6.04 Å². The third-order valence-corrected chi connectivity index (χ3v) is 2.81. The van der Waals surface area contributed by atoms with Crippen molar-refractivity contribution >= 4 is 11.9 Å². The van der Waals surface area contributed by atoms with Crippen molar-refractivity contribution < 1.29 is 14.7 Å². The van der Waals surface area contributed by atoms with E-state index in [0.29, 0.717) is 13.0 Å². The van der Waals surface area contributed by atoms with Crippen molar-refractivity contribution in [2.24, 2.45) is 0 Å². The number of amides is 1. The molecule has 0 aromatic heterocycles. The van der Waals surface area contributed by atoms with E-state index in [9.17, 15) is 9.59 Å². The molecule has 0 bridgehead atoms. The molecule has 1 saturated heterocycles. The number of aliphatic carboxylic acids is 1. The number of nitrogens with zero attached hydrogens (tertiary/aromatic N) is 1. The van der Waals surface area contributed by atoms with Crippen LogP contribution in [-0.4, -0.2) is 47.6 Å². The summed E-state index contributed by atoms with van der Waals surface area (Å²) in [5.74, 6) is -0.982. The Kier molecular flexibility index (Phi) is 5.25. The molecule has 0 spiro atoms. The monoisotopic (exact) mass is 228 g/mol. The van der Waals surface area contributed by atoms with Crippen LogP contribution in [0.5, 0.6) is 0 Å². The molecule has 1 aliphatic rings. The highest BCUT2D eigenvalue weighted by Crippen LogP contribution is 2.17. The number of rotatable bonds is 5. The van der Waals surface area contributed by atoms with E-state index in [2.05, 4.69) is 5.32 Å². The molecule has 1 aliphatic heterocycles. The van der Waals surface area contributed by atoms with Gasteiger partial charge in [-0.05, 0) is 32.2 Å². The Morgan fingerprint density at radius 2 is 2.19 bits per heavy atom. The fourth-order valence-electron chi connectivity index (χ4n) is 1.96. The molecule has 1 amide bonds. The first-order valence-corrected chi connectivity index (χ1v) is 5.89. The Morgan fingerprint density at radius 1 is 1.44 bits per heavy atom. The number of carbonyl (C=O) groups is 2. The summed E-state index contributed by atoms with van der Waals surface area (Å²) < 4.78 is 0. The van der Waals surface area contributed by atoms with Gasteiger partial charge in [0.15, 0.2) is 0 Å². The van der Waals surface area contributed by atoms with Gasteiger partial charge in [0.25, 0.3) is 0 Å². The lowest BCUT2D eigenvalue weighted by molar-refractivity contribution is -0.151. The number of piperidine rings is 1. The Balaban J connectivity index is 2.47. The van der Waals surface area contributed by atoms with E-state index in [1.54, 1.807) is 0 Å². The highest BCUT2D eigenvalue weighted by atomic mass is 16.4. The van der Waals surface area contributed by atoms with Gasteiger partial charge in [-0.3, -0.25) is 4.79 Å². The molecular weight excluding hydrogens is 208 g/mol. The Morgan fingerprint density at radius 3 is 2.81 bits per heavy atom. The number of likely N-dealkylation sites (tertiary alicyclic amines) is 1. The Labute approximate surface area is 95.8 Å². The van der Waals surface area contributed by atoms with E-state index in [-0.39, 0.29) is 12.5 Å². The third-order valence-electron chi connectivity index (χ3n) is 2.81. The predicted molar refractivity (Wildman–Crippen MR) is 60.1 cm³/mol. The van der Waals surface area contributed by atoms with Crippen LogP contribution in [0.25, 0.3) is 0 Å². The van der Waals surface area contributed by atoms with Crippen molar-refractivity contribution in [3.63, 3.8) is 0 Å². The normalized spacial score (nSPS) is 20.8. The minimum Gasteiger partial charge on any atom is -0.480 e. The SMILES string of the molecule is CCCNCC(=O)N1CCCCC1C(=O)O. The summed E-state index contributed by atoms with van der Waals surface area (Å²) in [5.41, 5.74) is 0. The van der Waals surface area contributed by atoms with Crippen LogP contribution in [0, 0.1) is 0 Å². The maximum atomic E-state index is 11.8. The van der Waals surface area contributed by atoms with E-state index in [1.807, 2.05) is 6.92 Å². The van der Waals surface area contributed by atoms with Crippen molar-refractivity contribution in [3.05, 3.63) is 0 Å². The molecule has 1 rings (SSSR count). The highest BCUT2D eigenvalue weighted by molar-refractivity contribution is 5.85. The highest BCUT2D eigenvalue weighted by Gasteiger charge is 2.31. The van der Waals surface area contributed by atoms with Crippen molar-refractivity contribution in [2.75, 3.05) is 19.6 Å². The van der Waals surface area contributed by atoms with Gasteiger partial charge in [0, 0.05) is 6.54 Å². The first-order valence-electron chi connectivity index (χ1n) is 5.89. The van der Waals surface area contributed by atoms with Crippen LogP contribution in [0.1, 0.15) is 32.6 Å². The van der Waals surface area contributed by atoms with Gasteiger partial charge in [-0.15, -0.1) is 0 Å². The second-order valence-electron chi connectivity index (χ2n) is 4.11. The number of carboxylic acids is 1. The van der Waals surface area contributed by atoms with Crippen LogP contribution >= 0.6 is 0 Å². The average molecular weight is 228 g/mol. The maximum absolute atomic E-state index is 11.8. The smallest absolute Gasteiger partial charge is 0.326 e. The van der Waals surface area contributed by atoms with Crippen molar-refractivity contribution in [1.29, 1.82) is 0 Å². The lowest BCUT2D eigenvalue weighted by atomic mass is 10.0. The quantitative estimate of drug-likeness (QED) is 0.670. The Bertz CT molecular complexity index is 256.